The summed E-state index contributed by atoms with van der Waals surface area (Å²) in [5, 5.41) is 14.6. The monoisotopic (exact) mass is 265 g/mol. The summed E-state index contributed by atoms with van der Waals surface area (Å²) >= 11 is 0. The summed E-state index contributed by atoms with van der Waals surface area (Å²) in [7, 11) is 0. The Bertz CT molecular complexity index is 472. The van der Waals surface area contributed by atoms with Gasteiger partial charge >= 0.3 is 5.97 Å². The zero-order valence-corrected chi connectivity index (χ0v) is 10.3. The van der Waals surface area contributed by atoms with Gasteiger partial charge in [-0.1, -0.05) is 0 Å². The lowest BCUT2D eigenvalue weighted by atomic mass is 10.2. The van der Waals surface area contributed by atoms with Crippen LogP contribution >= 0.6 is 0 Å². The Morgan fingerprint density at radius 3 is 3.05 bits per heavy atom. The number of ether oxygens (including phenoxy) is 1. The first-order chi connectivity index (χ1) is 9.15. The maximum absolute atomic E-state index is 11.8. The lowest BCUT2D eigenvalue weighted by Gasteiger charge is -2.23. The van der Waals surface area contributed by atoms with Crippen LogP contribution in [-0.2, 0) is 9.53 Å². The van der Waals surface area contributed by atoms with E-state index in [1.165, 1.54) is 18.5 Å². The molecule has 7 nitrogen and oxygen atoms in total. The van der Waals surface area contributed by atoms with Crippen molar-refractivity contribution in [1.29, 1.82) is 0 Å². The molecule has 1 aromatic rings. The van der Waals surface area contributed by atoms with Gasteiger partial charge in [-0.15, -0.1) is 0 Å². The molecule has 0 bridgehead atoms. The zero-order valence-electron chi connectivity index (χ0n) is 10.3. The number of carboxylic acid groups (broad SMARTS) is 1. The van der Waals surface area contributed by atoms with Crippen molar-refractivity contribution in [1.82, 2.24) is 10.3 Å². The minimum absolute atomic E-state index is 0.00985. The predicted octanol–water partition coefficient (Wildman–Crippen LogP) is 0.0968. The molecule has 1 aromatic heterocycles. The summed E-state index contributed by atoms with van der Waals surface area (Å²) in [5.74, 6) is -1.28. The van der Waals surface area contributed by atoms with E-state index in [9.17, 15) is 9.59 Å². The van der Waals surface area contributed by atoms with Crippen LogP contribution in [0.4, 0.5) is 5.69 Å². The first-order valence-electron chi connectivity index (χ1n) is 5.94. The lowest BCUT2D eigenvalue weighted by molar-refractivity contribution is -0.117. The van der Waals surface area contributed by atoms with Crippen LogP contribution in [0.1, 0.15) is 16.8 Å². The Balaban J connectivity index is 1.90. The first-order valence-corrected chi connectivity index (χ1v) is 5.94. The third kappa shape index (κ3) is 4.01. The molecule has 0 unspecified atom stereocenters. The van der Waals surface area contributed by atoms with E-state index in [1.807, 2.05) is 0 Å². The van der Waals surface area contributed by atoms with E-state index in [1.54, 1.807) is 0 Å². The van der Waals surface area contributed by atoms with Crippen molar-refractivity contribution in [2.45, 2.75) is 12.5 Å². The number of pyridine rings is 1. The number of carbonyl (C=O) groups excluding carboxylic acids is 1. The highest BCUT2D eigenvalue weighted by atomic mass is 16.5. The average Bonchev–Trinajstić information content (AvgIpc) is 2.40. The molecule has 0 aliphatic carbocycles. The Morgan fingerprint density at radius 1 is 1.53 bits per heavy atom. The van der Waals surface area contributed by atoms with Gasteiger partial charge in [0, 0.05) is 25.2 Å². The Morgan fingerprint density at radius 2 is 2.37 bits per heavy atom. The number of amides is 1. The van der Waals surface area contributed by atoms with Gasteiger partial charge in [-0.25, -0.2) is 4.79 Å². The lowest BCUT2D eigenvalue weighted by Crippen LogP contribution is -2.43. The molecule has 1 fully saturated rings. The molecule has 0 saturated carbocycles. The molecular weight excluding hydrogens is 250 g/mol. The van der Waals surface area contributed by atoms with Crippen LogP contribution < -0.4 is 10.6 Å². The number of aromatic carboxylic acids is 1. The fourth-order valence-electron chi connectivity index (χ4n) is 1.81. The Hall–Kier alpha value is -1.99. The molecule has 0 spiro atoms. The largest absolute Gasteiger partial charge is 0.478 e. The third-order valence-electron chi connectivity index (χ3n) is 2.70. The van der Waals surface area contributed by atoms with Crippen molar-refractivity contribution in [3.63, 3.8) is 0 Å². The van der Waals surface area contributed by atoms with E-state index in [4.69, 9.17) is 9.84 Å². The Kier molecular flexibility index (Phi) is 4.43. The minimum Gasteiger partial charge on any atom is -0.478 e. The molecule has 1 aliphatic rings. The number of nitrogens with one attached hydrogen (secondary N) is 2. The summed E-state index contributed by atoms with van der Waals surface area (Å²) in [6, 6.07) is 1.36. The second kappa shape index (κ2) is 6.26. The Labute approximate surface area is 110 Å². The van der Waals surface area contributed by atoms with Gasteiger partial charge < -0.3 is 20.5 Å². The van der Waals surface area contributed by atoms with Gasteiger partial charge in [0.05, 0.1) is 30.7 Å². The summed E-state index contributed by atoms with van der Waals surface area (Å²) in [6.07, 6.45) is 2.92. The van der Waals surface area contributed by atoms with E-state index in [0.717, 1.165) is 6.54 Å². The van der Waals surface area contributed by atoms with Crippen LogP contribution in [0.15, 0.2) is 18.5 Å². The highest BCUT2D eigenvalue weighted by Crippen LogP contribution is 2.09. The predicted molar refractivity (Wildman–Crippen MR) is 67.1 cm³/mol. The van der Waals surface area contributed by atoms with Gasteiger partial charge in [0.1, 0.15) is 0 Å². The normalized spacial score (nSPS) is 18.8. The van der Waals surface area contributed by atoms with Crippen molar-refractivity contribution in [3.8, 4) is 0 Å². The van der Waals surface area contributed by atoms with Crippen molar-refractivity contribution >= 4 is 17.6 Å². The quantitative estimate of drug-likeness (QED) is 0.713. The van der Waals surface area contributed by atoms with E-state index in [2.05, 4.69) is 15.6 Å². The van der Waals surface area contributed by atoms with Crippen LogP contribution in [0.5, 0.6) is 0 Å². The van der Waals surface area contributed by atoms with E-state index in [0.29, 0.717) is 18.9 Å². The fraction of sp³-hybridized carbons (Fsp3) is 0.417. The minimum atomic E-state index is -1.08. The molecule has 1 aliphatic heterocycles. The summed E-state index contributed by atoms with van der Waals surface area (Å²) in [6.45, 7) is 1.89. The molecule has 102 valence electrons. The van der Waals surface area contributed by atoms with Crippen molar-refractivity contribution in [3.05, 3.63) is 24.0 Å². The first kappa shape index (κ1) is 13.4. The zero-order chi connectivity index (χ0) is 13.7. The topological polar surface area (TPSA) is 101 Å². The number of anilines is 1. The molecule has 1 atom stereocenters. The summed E-state index contributed by atoms with van der Waals surface area (Å²) < 4.78 is 5.25. The molecule has 0 radical (unpaired) electrons. The van der Waals surface area contributed by atoms with Crippen LogP contribution in [0, 0.1) is 0 Å². The average molecular weight is 265 g/mol. The SMILES string of the molecule is O=C(C[C@@H]1COCCN1)Nc1cncc(C(=O)O)c1. The summed E-state index contributed by atoms with van der Waals surface area (Å²) in [5.41, 5.74) is 0.415. The van der Waals surface area contributed by atoms with Gasteiger partial charge in [0.2, 0.25) is 5.91 Å². The molecular formula is C12H15N3O4. The molecule has 2 heterocycles. The number of carbonyl (C=O) groups is 2. The number of carboxylic acids is 1. The number of hydrogen-bond donors (Lipinski definition) is 3. The number of nitrogens with zero attached hydrogens (tertiary/aromatic N) is 1. The highest BCUT2D eigenvalue weighted by Gasteiger charge is 2.17. The van der Waals surface area contributed by atoms with E-state index in [-0.39, 0.29) is 23.9 Å². The third-order valence-corrected chi connectivity index (χ3v) is 2.70. The molecule has 0 aromatic carbocycles. The van der Waals surface area contributed by atoms with Crippen LogP contribution in [0.25, 0.3) is 0 Å². The van der Waals surface area contributed by atoms with Gasteiger partial charge in [0.25, 0.3) is 0 Å². The maximum atomic E-state index is 11.8. The van der Waals surface area contributed by atoms with E-state index >= 15 is 0 Å². The van der Waals surface area contributed by atoms with Gasteiger partial charge in [0.15, 0.2) is 0 Å². The number of aromatic nitrogens is 1. The van der Waals surface area contributed by atoms with Crippen LogP contribution in [0.3, 0.4) is 0 Å². The summed E-state index contributed by atoms with van der Waals surface area (Å²) in [4.78, 5) is 26.3. The van der Waals surface area contributed by atoms with E-state index < -0.39 is 5.97 Å². The van der Waals surface area contributed by atoms with Crippen molar-refractivity contribution < 1.29 is 19.4 Å². The second-order valence-corrected chi connectivity index (χ2v) is 4.25. The van der Waals surface area contributed by atoms with Crippen molar-refractivity contribution in [2.75, 3.05) is 25.1 Å². The maximum Gasteiger partial charge on any atom is 0.337 e. The number of rotatable bonds is 4. The van der Waals surface area contributed by atoms with Crippen molar-refractivity contribution in [2.24, 2.45) is 0 Å². The standard InChI is InChI=1S/C12H15N3O4/c16-11(4-10-7-19-2-1-14-10)15-9-3-8(12(17)18)5-13-6-9/h3,5-6,10,14H,1-2,4,7H2,(H,15,16)(H,17,18)/t10-/m1/s1. The van der Waals surface area contributed by atoms with Crippen LogP contribution in [0.2, 0.25) is 0 Å². The molecule has 7 heteroatoms. The van der Waals surface area contributed by atoms with Gasteiger partial charge in [-0.2, -0.15) is 0 Å². The molecule has 1 saturated heterocycles. The molecule has 1 amide bonds. The molecule has 3 N–H and O–H groups in total. The fourth-order valence-corrected chi connectivity index (χ4v) is 1.81. The molecule has 2 rings (SSSR count). The molecule has 19 heavy (non-hydrogen) atoms. The number of morpholine rings is 1. The second-order valence-electron chi connectivity index (χ2n) is 4.25. The van der Waals surface area contributed by atoms with Gasteiger partial charge in [-0.05, 0) is 6.07 Å². The highest BCUT2D eigenvalue weighted by molar-refractivity contribution is 5.93. The van der Waals surface area contributed by atoms with Crippen LogP contribution in [-0.4, -0.2) is 47.8 Å². The van der Waals surface area contributed by atoms with Gasteiger partial charge in [-0.3, -0.25) is 9.78 Å². The smallest absolute Gasteiger partial charge is 0.337 e. The number of hydrogen-bond acceptors (Lipinski definition) is 5.